The van der Waals surface area contributed by atoms with Crippen molar-refractivity contribution in [1.29, 1.82) is 0 Å². The van der Waals surface area contributed by atoms with Crippen LogP contribution >= 0.6 is 0 Å². The van der Waals surface area contributed by atoms with E-state index in [9.17, 15) is 9.59 Å². The van der Waals surface area contributed by atoms with E-state index >= 15 is 0 Å². The van der Waals surface area contributed by atoms with E-state index < -0.39 is 18.0 Å². The molecule has 7 nitrogen and oxygen atoms in total. The number of rotatable bonds is 9. The van der Waals surface area contributed by atoms with Crippen LogP contribution < -0.4 is 4.74 Å². The molecule has 1 aromatic rings. The molecule has 7 heteroatoms. The number of esters is 2. The lowest BCUT2D eigenvalue weighted by molar-refractivity contribution is -0.136. The standard InChI is InChI=1S/C26H36O7/c1-5-16-31-24(27)15-9-13-21-17-23(32-18-29-3)19(2)10-6-7-11-20-12-8-14-22(30-4)25(20)26(28)33-21/h5,8-9,12,14-15,19,21,23H,1,6-7,10-11,13,16-18H2,2-4H3/b15-9+. The van der Waals surface area contributed by atoms with Crippen molar-refractivity contribution in [2.45, 2.75) is 57.7 Å². The van der Waals surface area contributed by atoms with Crippen LogP contribution in [-0.2, 0) is 30.2 Å². The third-order valence-corrected chi connectivity index (χ3v) is 5.69. The van der Waals surface area contributed by atoms with Gasteiger partial charge in [0.05, 0.1) is 13.2 Å². The average molecular weight is 461 g/mol. The highest BCUT2D eigenvalue weighted by molar-refractivity contribution is 5.94. The number of fused-ring (bicyclic) bond motifs is 1. The van der Waals surface area contributed by atoms with Crippen LogP contribution in [0.3, 0.4) is 0 Å². The van der Waals surface area contributed by atoms with E-state index in [0.717, 1.165) is 31.2 Å². The molecule has 1 heterocycles. The number of hydrogen-bond donors (Lipinski definition) is 0. The fourth-order valence-corrected chi connectivity index (χ4v) is 3.94. The molecule has 0 aromatic heterocycles. The Balaban J connectivity index is 2.29. The van der Waals surface area contributed by atoms with Gasteiger partial charge in [-0.05, 0) is 36.8 Å². The zero-order valence-corrected chi connectivity index (χ0v) is 19.9. The number of ether oxygens (including phenoxy) is 5. The Morgan fingerprint density at radius 1 is 1.27 bits per heavy atom. The second kappa shape index (κ2) is 14.5. The van der Waals surface area contributed by atoms with Gasteiger partial charge in [-0.15, -0.1) is 0 Å². The highest BCUT2D eigenvalue weighted by Gasteiger charge is 2.28. The van der Waals surface area contributed by atoms with Crippen LogP contribution in [-0.4, -0.2) is 51.8 Å². The van der Waals surface area contributed by atoms with Crippen molar-refractivity contribution in [3.05, 3.63) is 54.1 Å². The molecule has 1 aliphatic heterocycles. The molecule has 1 aliphatic rings. The molecule has 0 fully saturated rings. The first-order valence-electron chi connectivity index (χ1n) is 11.4. The molecule has 33 heavy (non-hydrogen) atoms. The molecule has 0 radical (unpaired) electrons. The first-order chi connectivity index (χ1) is 16.0. The second-order valence-electron chi connectivity index (χ2n) is 8.15. The predicted molar refractivity (Wildman–Crippen MR) is 125 cm³/mol. The largest absolute Gasteiger partial charge is 0.496 e. The van der Waals surface area contributed by atoms with Crippen LogP contribution in [0, 0.1) is 5.92 Å². The maximum absolute atomic E-state index is 13.3. The van der Waals surface area contributed by atoms with Gasteiger partial charge in [0.1, 0.15) is 30.8 Å². The minimum absolute atomic E-state index is 0.141. The highest BCUT2D eigenvalue weighted by atomic mass is 16.7. The summed E-state index contributed by atoms with van der Waals surface area (Å²) in [6, 6.07) is 5.61. The van der Waals surface area contributed by atoms with Crippen LogP contribution in [0.15, 0.2) is 43.0 Å². The van der Waals surface area contributed by atoms with Crippen molar-refractivity contribution >= 4 is 11.9 Å². The Morgan fingerprint density at radius 2 is 2.09 bits per heavy atom. The Bertz CT molecular complexity index is 802. The molecule has 0 aliphatic carbocycles. The Labute approximate surface area is 196 Å². The molecule has 0 saturated carbocycles. The van der Waals surface area contributed by atoms with Crippen LogP contribution in [0.1, 0.15) is 54.9 Å². The minimum Gasteiger partial charge on any atom is -0.496 e. The summed E-state index contributed by atoms with van der Waals surface area (Å²) in [5.41, 5.74) is 1.38. The number of cyclic esters (lactones) is 1. The molecule has 3 atom stereocenters. The summed E-state index contributed by atoms with van der Waals surface area (Å²) in [5, 5.41) is 0. The zero-order valence-electron chi connectivity index (χ0n) is 19.9. The van der Waals surface area contributed by atoms with Gasteiger partial charge in [0.25, 0.3) is 0 Å². The van der Waals surface area contributed by atoms with Crippen LogP contribution in [0.5, 0.6) is 5.75 Å². The fraction of sp³-hybridized carbons (Fsp3) is 0.538. The Hall–Kier alpha value is -2.64. The lowest BCUT2D eigenvalue weighted by Crippen LogP contribution is -2.31. The van der Waals surface area contributed by atoms with Crippen molar-refractivity contribution < 1.29 is 33.3 Å². The van der Waals surface area contributed by atoms with Crippen molar-refractivity contribution in [2.24, 2.45) is 5.92 Å². The van der Waals surface area contributed by atoms with Crippen LogP contribution in [0.25, 0.3) is 0 Å². The SMILES string of the molecule is C=CCOC(=O)/C=C/CC1CC(OCOC)C(C)CCCCc2cccc(OC)c2C(=O)O1. The number of aryl methyl sites for hydroxylation is 1. The van der Waals surface area contributed by atoms with E-state index in [2.05, 4.69) is 13.5 Å². The number of carbonyl (C=O) groups excluding carboxylic acids is 2. The van der Waals surface area contributed by atoms with Crippen molar-refractivity contribution in [3.63, 3.8) is 0 Å². The van der Waals surface area contributed by atoms with Gasteiger partial charge in [-0.2, -0.15) is 0 Å². The smallest absolute Gasteiger partial charge is 0.342 e. The van der Waals surface area contributed by atoms with Gasteiger partial charge in [-0.25, -0.2) is 9.59 Å². The van der Waals surface area contributed by atoms with Gasteiger partial charge in [0.2, 0.25) is 0 Å². The Morgan fingerprint density at radius 3 is 2.82 bits per heavy atom. The van der Waals surface area contributed by atoms with E-state index in [-0.39, 0.29) is 25.4 Å². The Kier molecular flexibility index (Phi) is 11.7. The highest BCUT2D eigenvalue weighted by Crippen LogP contribution is 2.29. The molecular weight excluding hydrogens is 424 g/mol. The van der Waals surface area contributed by atoms with Gasteiger partial charge >= 0.3 is 11.9 Å². The molecule has 1 aromatic carbocycles. The summed E-state index contributed by atoms with van der Waals surface area (Å²) >= 11 is 0. The molecule has 3 unspecified atom stereocenters. The lowest BCUT2D eigenvalue weighted by Gasteiger charge is -2.29. The average Bonchev–Trinajstić information content (AvgIpc) is 2.81. The summed E-state index contributed by atoms with van der Waals surface area (Å²) in [7, 11) is 3.13. The fourth-order valence-electron chi connectivity index (χ4n) is 3.94. The number of methoxy groups -OCH3 is 2. The maximum Gasteiger partial charge on any atom is 0.342 e. The number of benzene rings is 1. The van der Waals surface area contributed by atoms with Gasteiger partial charge in [0.15, 0.2) is 0 Å². The van der Waals surface area contributed by atoms with Gasteiger partial charge < -0.3 is 23.7 Å². The van der Waals surface area contributed by atoms with E-state index in [0.29, 0.717) is 24.2 Å². The van der Waals surface area contributed by atoms with Gasteiger partial charge in [0, 0.05) is 26.0 Å². The van der Waals surface area contributed by atoms with Crippen LogP contribution in [0.2, 0.25) is 0 Å². The first kappa shape index (κ1) is 26.6. The number of carbonyl (C=O) groups is 2. The van der Waals surface area contributed by atoms with E-state index in [1.54, 1.807) is 26.4 Å². The summed E-state index contributed by atoms with van der Waals surface area (Å²) in [6.07, 6.45) is 8.40. The van der Waals surface area contributed by atoms with Crippen molar-refractivity contribution in [3.8, 4) is 5.75 Å². The normalized spacial score (nSPS) is 21.9. The summed E-state index contributed by atoms with van der Waals surface area (Å²) in [5.74, 6) is -0.153. The minimum atomic E-state index is -0.498. The molecule has 2 rings (SSSR count). The van der Waals surface area contributed by atoms with Crippen molar-refractivity contribution in [1.82, 2.24) is 0 Å². The van der Waals surface area contributed by atoms with Gasteiger partial charge in [-0.3, -0.25) is 0 Å². The topological polar surface area (TPSA) is 80.3 Å². The first-order valence-corrected chi connectivity index (χ1v) is 11.4. The van der Waals surface area contributed by atoms with E-state index in [4.69, 9.17) is 23.7 Å². The third kappa shape index (κ3) is 8.67. The van der Waals surface area contributed by atoms with E-state index in [1.807, 2.05) is 12.1 Å². The summed E-state index contributed by atoms with van der Waals surface area (Å²) in [6.45, 7) is 5.97. The number of hydrogen-bond acceptors (Lipinski definition) is 7. The molecule has 182 valence electrons. The monoisotopic (exact) mass is 460 g/mol. The second-order valence-corrected chi connectivity index (χ2v) is 8.15. The molecule has 0 bridgehead atoms. The van der Waals surface area contributed by atoms with Gasteiger partial charge in [-0.1, -0.05) is 44.2 Å². The third-order valence-electron chi connectivity index (χ3n) is 5.69. The van der Waals surface area contributed by atoms with E-state index in [1.165, 1.54) is 12.2 Å². The molecule has 0 N–H and O–H groups in total. The van der Waals surface area contributed by atoms with Crippen molar-refractivity contribution in [2.75, 3.05) is 27.6 Å². The molecule has 0 amide bonds. The summed E-state index contributed by atoms with van der Waals surface area (Å²) in [4.78, 5) is 25.1. The molecule has 0 spiro atoms. The predicted octanol–water partition coefficient (Wildman–Crippen LogP) is 4.64. The lowest BCUT2D eigenvalue weighted by atomic mass is 9.91. The summed E-state index contributed by atoms with van der Waals surface area (Å²) < 4.78 is 27.4. The zero-order chi connectivity index (χ0) is 24.1. The quantitative estimate of drug-likeness (QED) is 0.230. The molecule has 0 saturated heterocycles. The molecular formula is C26H36O7. The van der Waals surface area contributed by atoms with Crippen LogP contribution in [0.4, 0.5) is 0 Å². The maximum atomic E-state index is 13.3.